The second-order valence-corrected chi connectivity index (χ2v) is 4.07. The molecule has 2 aromatic heterocycles. The monoisotopic (exact) mass is 270 g/mol. The number of para-hydroxylation sites is 2. The molecule has 0 aliphatic heterocycles. The molecule has 0 aliphatic carbocycles. The van der Waals surface area contributed by atoms with Crippen LogP contribution in [-0.4, -0.2) is 34.1 Å². The molecular weight excluding hydrogens is 256 g/mol. The van der Waals surface area contributed by atoms with Crippen molar-refractivity contribution < 1.29 is 4.74 Å². The minimum Gasteiger partial charge on any atom is -0.495 e. The first-order chi connectivity index (χ1) is 9.81. The van der Waals surface area contributed by atoms with Crippen molar-refractivity contribution >= 4 is 28.6 Å². The van der Waals surface area contributed by atoms with Crippen LogP contribution in [0.1, 0.15) is 0 Å². The molecule has 3 rings (SSSR count). The highest BCUT2D eigenvalue weighted by Crippen LogP contribution is 2.27. The van der Waals surface area contributed by atoms with E-state index in [0.717, 1.165) is 17.0 Å². The van der Waals surface area contributed by atoms with Gasteiger partial charge < -0.3 is 20.4 Å². The van der Waals surface area contributed by atoms with Gasteiger partial charge in [-0.15, -0.1) is 0 Å². The summed E-state index contributed by atoms with van der Waals surface area (Å²) in [5.41, 5.74) is 2.17. The van der Waals surface area contributed by atoms with Crippen LogP contribution in [0.3, 0.4) is 0 Å². The van der Waals surface area contributed by atoms with Gasteiger partial charge in [0.1, 0.15) is 11.3 Å². The van der Waals surface area contributed by atoms with Crippen molar-refractivity contribution in [1.29, 1.82) is 0 Å². The maximum atomic E-state index is 5.29. The minimum absolute atomic E-state index is 0.457. The third-order valence-corrected chi connectivity index (χ3v) is 2.88. The number of H-pyrrole nitrogens is 1. The van der Waals surface area contributed by atoms with Crippen molar-refractivity contribution in [1.82, 2.24) is 19.9 Å². The van der Waals surface area contributed by atoms with Gasteiger partial charge in [0.15, 0.2) is 11.5 Å². The van der Waals surface area contributed by atoms with Crippen molar-refractivity contribution in [3.05, 3.63) is 30.6 Å². The summed E-state index contributed by atoms with van der Waals surface area (Å²) in [6, 6.07) is 7.59. The minimum atomic E-state index is 0.457. The lowest BCUT2D eigenvalue weighted by atomic mass is 10.3. The number of anilines is 3. The molecule has 0 radical (unpaired) electrons. The molecule has 0 unspecified atom stereocenters. The Morgan fingerprint density at radius 1 is 1.20 bits per heavy atom. The number of nitrogens with one attached hydrogen (secondary N) is 3. The lowest BCUT2D eigenvalue weighted by molar-refractivity contribution is 0.417. The summed E-state index contributed by atoms with van der Waals surface area (Å²) in [5, 5.41) is 6.16. The van der Waals surface area contributed by atoms with Crippen molar-refractivity contribution in [2.45, 2.75) is 0 Å². The highest BCUT2D eigenvalue weighted by molar-refractivity contribution is 5.84. The first kappa shape index (κ1) is 12.2. The average Bonchev–Trinajstić information content (AvgIpc) is 2.95. The van der Waals surface area contributed by atoms with Gasteiger partial charge in [-0.2, -0.15) is 9.97 Å². The Morgan fingerprint density at radius 3 is 2.85 bits per heavy atom. The van der Waals surface area contributed by atoms with E-state index in [1.165, 1.54) is 0 Å². The van der Waals surface area contributed by atoms with Gasteiger partial charge in [0.25, 0.3) is 0 Å². The van der Waals surface area contributed by atoms with Crippen molar-refractivity contribution in [2.75, 3.05) is 24.8 Å². The Labute approximate surface area is 115 Å². The number of nitrogens with zero attached hydrogens (tertiary/aromatic N) is 3. The predicted molar refractivity (Wildman–Crippen MR) is 77.5 cm³/mol. The van der Waals surface area contributed by atoms with Crippen LogP contribution in [0.4, 0.5) is 17.5 Å². The summed E-state index contributed by atoms with van der Waals surface area (Å²) in [6.45, 7) is 0. The predicted octanol–water partition coefficient (Wildman–Crippen LogP) is 2.15. The van der Waals surface area contributed by atoms with Crippen LogP contribution in [0.5, 0.6) is 5.75 Å². The molecule has 3 N–H and O–H groups in total. The molecule has 20 heavy (non-hydrogen) atoms. The summed E-state index contributed by atoms with van der Waals surface area (Å²) in [4.78, 5) is 15.9. The van der Waals surface area contributed by atoms with Gasteiger partial charge in [-0.05, 0) is 12.1 Å². The Kier molecular flexibility index (Phi) is 3.08. The van der Waals surface area contributed by atoms with E-state index >= 15 is 0 Å². The largest absolute Gasteiger partial charge is 0.495 e. The van der Waals surface area contributed by atoms with Gasteiger partial charge in [-0.25, -0.2) is 4.98 Å². The smallest absolute Gasteiger partial charge is 0.231 e. The Hall–Kier alpha value is -2.83. The Morgan fingerprint density at radius 2 is 2.05 bits per heavy atom. The molecule has 0 saturated carbocycles. The second kappa shape index (κ2) is 5.04. The topological polar surface area (TPSA) is 87.8 Å². The number of hydrogen-bond acceptors (Lipinski definition) is 6. The van der Waals surface area contributed by atoms with Crippen LogP contribution < -0.4 is 15.4 Å². The van der Waals surface area contributed by atoms with E-state index in [1.54, 1.807) is 20.5 Å². The average molecular weight is 270 g/mol. The van der Waals surface area contributed by atoms with Gasteiger partial charge >= 0.3 is 0 Å². The molecule has 0 aliphatic rings. The number of rotatable bonds is 4. The lowest BCUT2D eigenvalue weighted by Crippen LogP contribution is -2.02. The van der Waals surface area contributed by atoms with Crippen LogP contribution in [0.2, 0.25) is 0 Å². The normalized spacial score (nSPS) is 10.5. The quantitative estimate of drug-likeness (QED) is 0.673. The number of fused-ring (bicyclic) bond motifs is 1. The highest BCUT2D eigenvalue weighted by atomic mass is 16.5. The molecule has 102 valence electrons. The van der Waals surface area contributed by atoms with Gasteiger partial charge in [-0.3, -0.25) is 0 Å². The number of hydrogen-bond donors (Lipinski definition) is 3. The molecule has 0 saturated heterocycles. The van der Waals surface area contributed by atoms with Gasteiger partial charge in [-0.1, -0.05) is 12.1 Å². The zero-order valence-electron chi connectivity index (χ0n) is 11.1. The van der Waals surface area contributed by atoms with E-state index in [-0.39, 0.29) is 0 Å². The number of ether oxygens (including phenoxy) is 1. The number of benzene rings is 1. The summed E-state index contributed by atoms with van der Waals surface area (Å²) in [7, 11) is 3.42. The number of methoxy groups -OCH3 is 1. The molecule has 1 aromatic carbocycles. The van der Waals surface area contributed by atoms with Gasteiger partial charge in [0, 0.05) is 7.05 Å². The summed E-state index contributed by atoms with van der Waals surface area (Å²) in [6.07, 6.45) is 1.59. The van der Waals surface area contributed by atoms with E-state index in [4.69, 9.17) is 4.74 Å². The fourth-order valence-corrected chi connectivity index (χ4v) is 1.94. The molecular formula is C13H14N6O. The van der Waals surface area contributed by atoms with E-state index < -0.39 is 0 Å². The molecule has 0 amide bonds. The van der Waals surface area contributed by atoms with Crippen molar-refractivity contribution in [3.63, 3.8) is 0 Å². The maximum Gasteiger partial charge on any atom is 0.231 e. The van der Waals surface area contributed by atoms with Crippen molar-refractivity contribution in [3.8, 4) is 5.75 Å². The molecule has 3 aromatic rings. The third kappa shape index (κ3) is 2.09. The molecule has 2 heterocycles. The Balaban J connectivity index is 2.02. The van der Waals surface area contributed by atoms with E-state index in [1.807, 2.05) is 24.3 Å². The van der Waals surface area contributed by atoms with Crippen LogP contribution in [0.15, 0.2) is 30.6 Å². The lowest BCUT2D eigenvalue weighted by Gasteiger charge is -2.10. The van der Waals surface area contributed by atoms with E-state index in [9.17, 15) is 0 Å². The molecule has 0 fully saturated rings. The standard InChI is InChI=1S/C13H14N6O/c1-14-11-10-12(16-7-15-10)19-13(18-11)17-8-5-3-4-6-9(8)20-2/h3-7H,1-2H3,(H3,14,15,16,17,18,19). The fraction of sp³-hybridized carbons (Fsp3) is 0.154. The number of aromatic nitrogens is 4. The van der Waals surface area contributed by atoms with Gasteiger partial charge in [0.2, 0.25) is 5.95 Å². The van der Waals surface area contributed by atoms with Crippen LogP contribution >= 0.6 is 0 Å². The Bertz CT molecular complexity index is 739. The molecule has 0 bridgehead atoms. The maximum absolute atomic E-state index is 5.29. The molecule has 7 heteroatoms. The summed E-state index contributed by atoms with van der Waals surface area (Å²) < 4.78 is 5.29. The second-order valence-electron chi connectivity index (χ2n) is 4.07. The molecule has 0 spiro atoms. The molecule has 0 atom stereocenters. The summed E-state index contributed by atoms with van der Waals surface area (Å²) in [5.74, 6) is 1.87. The zero-order chi connectivity index (χ0) is 13.9. The molecule has 7 nitrogen and oxygen atoms in total. The van der Waals surface area contributed by atoms with Crippen LogP contribution in [-0.2, 0) is 0 Å². The number of imidazole rings is 1. The van der Waals surface area contributed by atoms with Crippen LogP contribution in [0.25, 0.3) is 11.2 Å². The first-order valence-corrected chi connectivity index (χ1v) is 6.10. The van der Waals surface area contributed by atoms with E-state index in [2.05, 4.69) is 30.6 Å². The van der Waals surface area contributed by atoms with Gasteiger partial charge in [0.05, 0.1) is 19.1 Å². The third-order valence-electron chi connectivity index (χ3n) is 2.88. The fourth-order valence-electron chi connectivity index (χ4n) is 1.94. The number of aromatic amines is 1. The van der Waals surface area contributed by atoms with Crippen molar-refractivity contribution in [2.24, 2.45) is 0 Å². The SMILES string of the molecule is CNc1nc(Nc2ccccc2OC)nc2nc[nH]c12. The summed E-state index contributed by atoms with van der Waals surface area (Å²) >= 11 is 0. The zero-order valence-corrected chi connectivity index (χ0v) is 11.1. The van der Waals surface area contributed by atoms with E-state index in [0.29, 0.717) is 17.4 Å². The highest BCUT2D eigenvalue weighted by Gasteiger charge is 2.10. The van der Waals surface area contributed by atoms with Crippen LogP contribution in [0, 0.1) is 0 Å². The first-order valence-electron chi connectivity index (χ1n) is 6.10.